The number of nitrogens with zero attached hydrogens (tertiary/aromatic N) is 4. The summed E-state index contributed by atoms with van der Waals surface area (Å²) >= 11 is 3.17. The summed E-state index contributed by atoms with van der Waals surface area (Å²) in [6.07, 6.45) is 2.97. The van der Waals surface area contributed by atoms with Crippen molar-refractivity contribution in [2.45, 2.75) is 0 Å². The van der Waals surface area contributed by atoms with Gasteiger partial charge in [-0.25, -0.2) is 14.5 Å². The first-order chi connectivity index (χ1) is 9.40. The predicted molar refractivity (Wildman–Crippen MR) is 74.0 cm³/mol. The van der Waals surface area contributed by atoms with E-state index in [1.807, 2.05) is 0 Å². The number of halogens is 1. The van der Waals surface area contributed by atoms with Gasteiger partial charge < -0.3 is 10.0 Å². The first kappa shape index (κ1) is 14.2. The number of aromatic nitrogens is 3. The molecule has 1 amide bonds. The molecule has 0 spiro atoms. The summed E-state index contributed by atoms with van der Waals surface area (Å²) in [7, 11) is 3.23. The monoisotopic (exact) mass is 338 g/mol. The number of hydrogen-bond donors (Lipinski definition) is 1. The van der Waals surface area contributed by atoms with Crippen LogP contribution in [0.5, 0.6) is 0 Å². The van der Waals surface area contributed by atoms with Crippen LogP contribution >= 0.6 is 15.9 Å². The van der Waals surface area contributed by atoms with Crippen molar-refractivity contribution in [2.75, 3.05) is 14.1 Å². The normalized spacial score (nSPS) is 10.3. The smallest absolute Gasteiger partial charge is 0.339 e. The molecule has 0 aromatic carbocycles. The molecule has 0 saturated carbocycles. The van der Waals surface area contributed by atoms with Crippen molar-refractivity contribution in [3.8, 4) is 5.82 Å². The highest BCUT2D eigenvalue weighted by Gasteiger charge is 2.17. The van der Waals surface area contributed by atoms with Crippen LogP contribution in [0.1, 0.15) is 20.8 Å². The first-order valence-electron chi connectivity index (χ1n) is 5.56. The van der Waals surface area contributed by atoms with Crippen LogP contribution in [0.3, 0.4) is 0 Å². The molecule has 0 aliphatic heterocycles. The Bertz CT molecular complexity index is 681. The fourth-order valence-electron chi connectivity index (χ4n) is 1.56. The number of carboxylic acid groups (broad SMARTS) is 1. The molecule has 104 valence electrons. The number of carbonyl (C=O) groups excluding carboxylic acids is 1. The van der Waals surface area contributed by atoms with E-state index < -0.39 is 5.97 Å². The van der Waals surface area contributed by atoms with Gasteiger partial charge in [-0.1, -0.05) is 0 Å². The van der Waals surface area contributed by atoms with Gasteiger partial charge in [-0.05, 0) is 28.1 Å². The lowest BCUT2D eigenvalue weighted by molar-refractivity contribution is 0.0696. The fraction of sp³-hybridized carbons (Fsp3) is 0.167. The minimum atomic E-state index is -1.12. The molecule has 20 heavy (non-hydrogen) atoms. The Hall–Kier alpha value is -2.22. The lowest BCUT2D eigenvalue weighted by atomic mass is 10.2. The third-order valence-corrected chi connectivity index (χ3v) is 2.93. The molecule has 0 aliphatic rings. The molecule has 2 aromatic heterocycles. The Morgan fingerprint density at radius 3 is 2.70 bits per heavy atom. The largest absolute Gasteiger partial charge is 0.478 e. The van der Waals surface area contributed by atoms with Gasteiger partial charge >= 0.3 is 5.97 Å². The van der Waals surface area contributed by atoms with Crippen LogP contribution in [0.25, 0.3) is 5.82 Å². The quantitative estimate of drug-likeness (QED) is 0.914. The molecule has 7 nitrogen and oxygen atoms in total. The van der Waals surface area contributed by atoms with Gasteiger partial charge in [0.15, 0.2) is 11.5 Å². The molecule has 8 heteroatoms. The van der Waals surface area contributed by atoms with Gasteiger partial charge in [-0.15, -0.1) is 0 Å². The Morgan fingerprint density at radius 1 is 1.40 bits per heavy atom. The second kappa shape index (κ2) is 5.41. The summed E-state index contributed by atoms with van der Waals surface area (Å²) in [6, 6.07) is 2.94. The highest BCUT2D eigenvalue weighted by atomic mass is 79.9. The summed E-state index contributed by atoms with van der Waals surface area (Å²) in [5.41, 5.74) is 0.211. The summed E-state index contributed by atoms with van der Waals surface area (Å²) in [4.78, 5) is 28.4. The number of carboxylic acids is 1. The zero-order valence-electron chi connectivity index (χ0n) is 10.7. The number of amides is 1. The van der Waals surface area contributed by atoms with Gasteiger partial charge in [0.25, 0.3) is 5.91 Å². The van der Waals surface area contributed by atoms with Crippen molar-refractivity contribution in [2.24, 2.45) is 0 Å². The van der Waals surface area contributed by atoms with Crippen LogP contribution in [-0.2, 0) is 0 Å². The van der Waals surface area contributed by atoms with Crippen molar-refractivity contribution < 1.29 is 14.7 Å². The van der Waals surface area contributed by atoms with Crippen LogP contribution in [0.2, 0.25) is 0 Å². The highest BCUT2D eigenvalue weighted by molar-refractivity contribution is 9.10. The molecule has 0 unspecified atom stereocenters. The molecule has 0 fully saturated rings. The summed E-state index contributed by atoms with van der Waals surface area (Å²) in [5, 5.41) is 13.2. The Labute approximate surface area is 123 Å². The Morgan fingerprint density at radius 2 is 2.10 bits per heavy atom. The van der Waals surface area contributed by atoms with Gasteiger partial charge in [0, 0.05) is 31.0 Å². The minimum Gasteiger partial charge on any atom is -0.478 e. The standard InChI is InChI=1S/C12H11BrN4O3/c1-16(2)11(18)9-3-4-17(15-9)10-8(12(19)20)5-7(13)6-14-10/h3-6H,1-2H3,(H,19,20). The van der Waals surface area contributed by atoms with E-state index in [-0.39, 0.29) is 23.0 Å². The second-order valence-electron chi connectivity index (χ2n) is 4.17. The van der Waals surface area contributed by atoms with Crippen LogP contribution < -0.4 is 0 Å². The molecule has 2 rings (SSSR count). The molecule has 0 atom stereocenters. The Balaban J connectivity index is 2.48. The van der Waals surface area contributed by atoms with Gasteiger partial charge in [0.05, 0.1) is 0 Å². The van der Waals surface area contributed by atoms with Crippen LogP contribution in [0.15, 0.2) is 29.0 Å². The molecule has 2 heterocycles. The topological polar surface area (TPSA) is 88.3 Å². The number of rotatable bonds is 3. The fourth-order valence-corrected chi connectivity index (χ4v) is 1.89. The van der Waals surface area contributed by atoms with Gasteiger partial charge in [0.2, 0.25) is 0 Å². The molecular weight excluding hydrogens is 328 g/mol. The van der Waals surface area contributed by atoms with Gasteiger partial charge in [-0.3, -0.25) is 4.79 Å². The van der Waals surface area contributed by atoms with E-state index in [1.54, 1.807) is 14.1 Å². The lowest BCUT2D eigenvalue weighted by Gasteiger charge is -2.07. The number of aromatic carboxylic acids is 1. The van der Waals surface area contributed by atoms with Crippen molar-refractivity contribution in [1.82, 2.24) is 19.7 Å². The van der Waals surface area contributed by atoms with Crippen molar-refractivity contribution in [3.05, 3.63) is 40.3 Å². The summed E-state index contributed by atoms with van der Waals surface area (Å²) < 4.78 is 1.82. The molecule has 2 aromatic rings. The lowest BCUT2D eigenvalue weighted by Crippen LogP contribution is -2.22. The van der Waals surface area contributed by atoms with E-state index >= 15 is 0 Å². The highest BCUT2D eigenvalue weighted by Crippen LogP contribution is 2.17. The average molecular weight is 339 g/mol. The van der Waals surface area contributed by atoms with Gasteiger partial charge in [-0.2, -0.15) is 5.10 Å². The number of carbonyl (C=O) groups is 2. The third-order valence-electron chi connectivity index (χ3n) is 2.50. The number of pyridine rings is 1. The van der Waals surface area contributed by atoms with Crippen molar-refractivity contribution in [3.63, 3.8) is 0 Å². The molecule has 1 N–H and O–H groups in total. The molecule has 0 saturated heterocycles. The van der Waals surface area contributed by atoms with E-state index in [4.69, 9.17) is 0 Å². The van der Waals surface area contributed by atoms with E-state index in [2.05, 4.69) is 26.0 Å². The molecule has 0 bridgehead atoms. The van der Waals surface area contributed by atoms with Crippen molar-refractivity contribution >= 4 is 27.8 Å². The van der Waals surface area contributed by atoms with Crippen molar-refractivity contribution in [1.29, 1.82) is 0 Å². The van der Waals surface area contributed by atoms with E-state index in [0.717, 1.165) is 0 Å². The van der Waals surface area contributed by atoms with E-state index in [1.165, 1.54) is 34.1 Å². The maximum Gasteiger partial charge on any atom is 0.339 e. The first-order valence-corrected chi connectivity index (χ1v) is 6.36. The van der Waals surface area contributed by atoms with E-state index in [0.29, 0.717) is 4.47 Å². The van der Waals surface area contributed by atoms with E-state index in [9.17, 15) is 14.7 Å². The second-order valence-corrected chi connectivity index (χ2v) is 5.09. The maximum atomic E-state index is 11.8. The molecule has 0 radical (unpaired) electrons. The summed E-state index contributed by atoms with van der Waals surface area (Å²) in [6.45, 7) is 0. The number of hydrogen-bond acceptors (Lipinski definition) is 4. The zero-order valence-corrected chi connectivity index (χ0v) is 12.3. The van der Waals surface area contributed by atoms with Crippen LogP contribution in [0.4, 0.5) is 0 Å². The minimum absolute atomic E-state index is 0.00803. The zero-order chi connectivity index (χ0) is 14.9. The maximum absolute atomic E-state index is 11.8. The average Bonchev–Trinajstić information content (AvgIpc) is 2.86. The Kier molecular flexibility index (Phi) is 3.84. The van der Waals surface area contributed by atoms with Crippen LogP contribution in [-0.4, -0.2) is 50.7 Å². The predicted octanol–water partition coefficient (Wildman–Crippen LogP) is 1.43. The third kappa shape index (κ3) is 2.69. The van der Waals surface area contributed by atoms with Crippen LogP contribution in [0, 0.1) is 0 Å². The SMILES string of the molecule is CN(C)C(=O)c1ccn(-c2ncc(Br)cc2C(=O)O)n1. The molecule has 0 aliphatic carbocycles. The van der Waals surface area contributed by atoms with Gasteiger partial charge in [0.1, 0.15) is 5.56 Å². The summed E-state index contributed by atoms with van der Waals surface area (Å²) in [5.74, 6) is -1.24. The molecular formula is C12H11BrN4O3.